The SMILES string of the molecule is CC(C)(CNC(=O)OC(C)(C)C)NC(=O)c1cc(Br)ccc1I. The largest absolute Gasteiger partial charge is 0.444 e. The number of benzene rings is 1. The van der Waals surface area contributed by atoms with E-state index in [1.807, 2.05) is 26.0 Å². The molecule has 1 aromatic rings. The standard InChI is InChI=1S/C16H22BrIN2O3/c1-15(2,3)23-14(22)19-9-16(4,5)20-13(21)11-8-10(17)6-7-12(11)18/h6-8H,9H2,1-5H3,(H,19,22)(H,20,21). The smallest absolute Gasteiger partial charge is 0.407 e. The number of halogens is 2. The van der Waals surface area contributed by atoms with Gasteiger partial charge in [0.15, 0.2) is 0 Å². The van der Waals surface area contributed by atoms with Gasteiger partial charge < -0.3 is 15.4 Å². The molecule has 0 saturated carbocycles. The lowest BCUT2D eigenvalue weighted by atomic mass is 10.0. The summed E-state index contributed by atoms with van der Waals surface area (Å²) in [6, 6.07) is 5.52. The first-order valence-corrected chi connectivity index (χ1v) is 9.01. The summed E-state index contributed by atoms with van der Waals surface area (Å²) in [5.74, 6) is -0.188. The van der Waals surface area contributed by atoms with Gasteiger partial charge in [-0.25, -0.2) is 4.79 Å². The minimum absolute atomic E-state index is 0.188. The van der Waals surface area contributed by atoms with Crippen molar-refractivity contribution in [2.45, 2.75) is 45.8 Å². The summed E-state index contributed by atoms with van der Waals surface area (Å²) in [6.07, 6.45) is -0.503. The summed E-state index contributed by atoms with van der Waals surface area (Å²) >= 11 is 5.48. The van der Waals surface area contributed by atoms with Gasteiger partial charge in [0.2, 0.25) is 0 Å². The van der Waals surface area contributed by atoms with E-state index in [0.29, 0.717) is 5.56 Å². The van der Waals surface area contributed by atoms with E-state index < -0.39 is 17.2 Å². The van der Waals surface area contributed by atoms with Crippen LogP contribution in [0, 0.1) is 3.57 Å². The first-order valence-electron chi connectivity index (χ1n) is 7.14. The normalized spacial score (nSPS) is 11.8. The van der Waals surface area contributed by atoms with Gasteiger partial charge in [-0.1, -0.05) is 15.9 Å². The first-order chi connectivity index (χ1) is 10.4. The lowest BCUT2D eigenvalue weighted by Crippen LogP contribution is -2.52. The van der Waals surface area contributed by atoms with E-state index in [1.165, 1.54) is 0 Å². The maximum Gasteiger partial charge on any atom is 0.407 e. The van der Waals surface area contributed by atoms with Crippen molar-refractivity contribution >= 4 is 50.5 Å². The fourth-order valence-electron chi connectivity index (χ4n) is 1.70. The van der Waals surface area contributed by atoms with E-state index in [-0.39, 0.29) is 12.5 Å². The molecule has 0 atom stereocenters. The second-order valence-electron chi connectivity index (χ2n) is 6.82. The average Bonchev–Trinajstić information content (AvgIpc) is 2.37. The molecule has 0 unspecified atom stereocenters. The predicted octanol–water partition coefficient (Wildman–Crippen LogP) is 4.09. The van der Waals surface area contributed by atoms with E-state index in [9.17, 15) is 9.59 Å². The van der Waals surface area contributed by atoms with Crippen LogP contribution < -0.4 is 10.6 Å². The van der Waals surface area contributed by atoms with E-state index in [4.69, 9.17) is 4.74 Å². The summed E-state index contributed by atoms with van der Waals surface area (Å²) in [4.78, 5) is 24.1. The Morgan fingerprint density at radius 3 is 2.39 bits per heavy atom. The lowest BCUT2D eigenvalue weighted by Gasteiger charge is -2.28. The second kappa shape index (κ2) is 7.83. The van der Waals surface area contributed by atoms with Crippen LogP contribution in [0.3, 0.4) is 0 Å². The minimum Gasteiger partial charge on any atom is -0.444 e. The van der Waals surface area contributed by atoms with Crippen molar-refractivity contribution in [3.8, 4) is 0 Å². The van der Waals surface area contributed by atoms with Crippen molar-refractivity contribution in [3.05, 3.63) is 31.8 Å². The lowest BCUT2D eigenvalue weighted by molar-refractivity contribution is 0.0509. The monoisotopic (exact) mass is 496 g/mol. The van der Waals surface area contributed by atoms with Crippen LogP contribution in [0.5, 0.6) is 0 Å². The van der Waals surface area contributed by atoms with Gasteiger partial charge in [0.1, 0.15) is 5.60 Å². The second-order valence-corrected chi connectivity index (χ2v) is 8.90. The molecule has 0 radical (unpaired) electrons. The quantitative estimate of drug-likeness (QED) is 0.617. The average molecular weight is 497 g/mol. The molecule has 0 bridgehead atoms. The summed E-state index contributed by atoms with van der Waals surface area (Å²) in [5.41, 5.74) is -0.575. The molecule has 5 nitrogen and oxygen atoms in total. The van der Waals surface area contributed by atoms with Gasteiger partial charge >= 0.3 is 6.09 Å². The highest BCUT2D eigenvalue weighted by Crippen LogP contribution is 2.19. The topological polar surface area (TPSA) is 67.4 Å². The summed E-state index contributed by atoms with van der Waals surface area (Å²) in [7, 11) is 0. The van der Waals surface area contributed by atoms with Crippen molar-refractivity contribution in [1.29, 1.82) is 0 Å². The van der Waals surface area contributed by atoms with E-state index in [0.717, 1.165) is 8.04 Å². The zero-order chi connectivity index (χ0) is 17.8. The van der Waals surface area contributed by atoms with Gasteiger partial charge in [0.25, 0.3) is 5.91 Å². The molecule has 7 heteroatoms. The fraction of sp³-hybridized carbons (Fsp3) is 0.500. The molecule has 2 amide bonds. The Labute approximate surface area is 159 Å². The minimum atomic E-state index is -0.612. The van der Waals surface area contributed by atoms with Gasteiger partial charge in [-0.2, -0.15) is 0 Å². The molecule has 0 aliphatic heterocycles. The third-order valence-corrected chi connectivity index (χ3v) is 4.13. The predicted molar refractivity (Wildman–Crippen MR) is 103 cm³/mol. The van der Waals surface area contributed by atoms with E-state index in [2.05, 4.69) is 49.2 Å². The Kier molecular flexibility index (Phi) is 6.88. The first kappa shape index (κ1) is 20.2. The summed E-state index contributed by atoms with van der Waals surface area (Å²) in [6.45, 7) is 9.34. The molecule has 0 heterocycles. The Balaban J connectivity index is 2.65. The van der Waals surface area contributed by atoms with Gasteiger partial charge in [-0.15, -0.1) is 0 Å². The number of nitrogens with one attached hydrogen (secondary N) is 2. The van der Waals surface area contributed by atoms with Crippen LogP contribution in [0.4, 0.5) is 4.79 Å². The van der Waals surface area contributed by atoms with Gasteiger partial charge in [-0.05, 0) is 75.4 Å². The maximum absolute atomic E-state index is 12.4. The molecule has 1 aromatic carbocycles. The van der Waals surface area contributed by atoms with Gasteiger partial charge in [0, 0.05) is 14.6 Å². The zero-order valence-corrected chi connectivity index (χ0v) is 17.7. The zero-order valence-electron chi connectivity index (χ0n) is 13.9. The molecule has 2 N–H and O–H groups in total. The van der Waals surface area contributed by atoms with E-state index in [1.54, 1.807) is 26.8 Å². The molecule has 1 rings (SSSR count). The third-order valence-electron chi connectivity index (χ3n) is 2.70. The summed E-state index contributed by atoms with van der Waals surface area (Å²) in [5, 5.41) is 5.60. The van der Waals surface area contributed by atoms with Crippen LogP contribution in [0.15, 0.2) is 22.7 Å². The Hall–Kier alpha value is -0.830. The van der Waals surface area contributed by atoms with Crippen LogP contribution in [0.2, 0.25) is 0 Å². The molecule has 0 aromatic heterocycles. The number of hydrogen-bond acceptors (Lipinski definition) is 3. The number of alkyl carbamates (subject to hydrolysis) is 1. The van der Waals surface area contributed by atoms with Crippen molar-refractivity contribution < 1.29 is 14.3 Å². The fourth-order valence-corrected chi connectivity index (χ4v) is 2.64. The van der Waals surface area contributed by atoms with Crippen LogP contribution in [-0.4, -0.2) is 29.7 Å². The molecule has 0 saturated heterocycles. The van der Waals surface area contributed by atoms with Crippen LogP contribution in [-0.2, 0) is 4.74 Å². The van der Waals surface area contributed by atoms with Gasteiger partial charge in [-0.3, -0.25) is 4.79 Å². The molecule has 0 fully saturated rings. The molecular formula is C16H22BrIN2O3. The van der Waals surface area contributed by atoms with Crippen molar-refractivity contribution in [3.63, 3.8) is 0 Å². The molecular weight excluding hydrogens is 475 g/mol. The Morgan fingerprint density at radius 1 is 1.22 bits per heavy atom. The molecule has 0 aliphatic rings. The Bertz CT molecular complexity index is 597. The van der Waals surface area contributed by atoms with Crippen LogP contribution >= 0.6 is 38.5 Å². The third kappa shape index (κ3) is 7.52. The van der Waals surface area contributed by atoms with Crippen molar-refractivity contribution in [1.82, 2.24) is 10.6 Å². The number of ether oxygens (including phenoxy) is 1. The highest BCUT2D eigenvalue weighted by molar-refractivity contribution is 14.1. The molecule has 0 aliphatic carbocycles. The number of amides is 2. The van der Waals surface area contributed by atoms with Crippen LogP contribution in [0.25, 0.3) is 0 Å². The number of rotatable bonds is 4. The molecule has 0 spiro atoms. The highest BCUT2D eigenvalue weighted by Gasteiger charge is 2.24. The maximum atomic E-state index is 12.4. The van der Waals surface area contributed by atoms with Crippen LogP contribution in [0.1, 0.15) is 45.0 Å². The molecule has 128 valence electrons. The van der Waals surface area contributed by atoms with E-state index >= 15 is 0 Å². The summed E-state index contributed by atoms with van der Waals surface area (Å²) < 4.78 is 6.89. The number of carbonyl (C=O) groups excluding carboxylic acids is 2. The Morgan fingerprint density at radius 2 is 1.83 bits per heavy atom. The molecule has 23 heavy (non-hydrogen) atoms. The number of carbonyl (C=O) groups is 2. The van der Waals surface area contributed by atoms with Crippen molar-refractivity contribution in [2.75, 3.05) is 6.54 Å². The van der Waals surface area contributed by atoms with Gasteiger partial charge in [0.05, 0.1) is 11.1 Å². The number of hydrogen-bond donors (Lipinski definition) is 2. The highest BCUT2D eigenvalue weighted by atomic mass is 127. The van der Waals surface area contributed by atoms with Crippen molar-refractivity contribution in [2.24, 2.45) is 0 Å².